The summed E-state index contributed by atoms with van der Waals surface area (Å²) in [5.74, 6) is 0.559. The van der Waals surface area contributed by atoms with Crippen LogP contribution in [0.2, 0.25) is 10.0 Å². The molecule has 0 saturated heterocycles. The zero-order chi connectivity index (χ0) is 20.2. The molecule has 0 fully saturated rings. The maximum Gasteiger partial charge on any atom is 0.251 e. The predicted molar refractivity (Wildman–Crippen MR) is 115 cm³/mol. The van der Waals surface area contributed by atoms with Gasteiger partial charge in [-0.25, -0.2) is 0 Å². The highest BCUT2D eigenvalue weighted by atomic mass is 35.5. The molecule has 4 aromatic rings. The number of furan rings is 1. The second-order valence-corrected chi connectivity index (χ2v) is 7.23. The van der Waals surface area contributed by atoms with Crippen LogP contribution in [-0.4, -0.2) is 10.9 Å². The largest absolute Gasteiger partial charge is 0.463 e. The quantitative estimate of drug-likeness (QED) is 0.413. The maximum absolute atomic E-state index is 12.4. The lowest BCUT2D eigenvalue weighted by Gasteiger charge is -2.08. The first-order valence-electron chi connectivity index (χ1n) is 8.92. The van der Waals surface area contributed by atoms with E-state index in [0.29, 0.717) is 27.9 Å². The third-order valence-electron chi connectivity index (χ3n) is 4.45. The van der Waals surface area contributed by atoms with E-state index in [1.54, 1.807) is 36.7 Å². The summed E-state index contributed by atoms with van der Waals surface area (Å²) in [6.45, 7) is 0.388. The summed E-state index contributed by atoms with van der Waals surface area (Å²) in [7, 11) is 0. The Morgan fingerprint density at radius 2 is 1.72 bits per heavy atom. The van der Waals surface area contributed by atoms with Crippen molar-refractivity contribution in [3.05, 3.63) is 100 Å². The topological polar surface area (TPSA) is 55.1 Å². The molecule has 0 spiro atoms. The third kappa shape index (κ3) is 4.50. The summed E-state index contributed by atoms with van der Waals surface area (Å²) in [6.07, 6.45) is 3.34. The summed E-state index contributed by atoms with van der Waals surface area (Å²) in [4.78, 5) is 16.8. The van der Waals surface area contributed by atoms with E-state index in [1.165, 1.54) is 0 Å². The highest BCUT2D eigenvalue weighted by Crippen LogP contribution is 2.28. The van der Waals surface area contributed by atoms with Gasteiger partial charge in [0.15, 0.2) is 5.76 Å². The van der Waals surface area contributed by atoms with E-state index < -0.39 is 0 Å². The maximum atomic E-state index is 12.4. The first kappa shape index (κ1) is 19.2. The molecule has 0 saturated carbocycles. The van der Waals surface area contributed by atoms with Crippen molar-refractivity contribution in [1.82, 2.24) is 10.3 Å². The number of pyridine rings is 1. The molecular weight excluding hydrogens is 407 g/mol. The van der Waals surface area contributed by atoms with Crippen LogP contribution in [0.1, 0.15) is 15.9 Å². The third-order valence-corrected chi connectivity index (χ3v) is 5.19. The molecule has 2 aromatic carbocycles. The lowest BCUT2D eigenvalue weighted by Crippen LogP contribution is -2.22. The van der Waals surface area contributed by atoms with Crippen LogP contribution in [0.25, 0.3) is 22.6 Å². The highest BCUT2D eigenvalue weighted by molar-refractivity contribution is 6.42. The standard InChI is InChI=1S/C23H16Cl2N2O2/c24-19-9-8-18(12-20(19)25)16-4-6-17(7-5-16)23(28)27-14-15-3-10-21(26-13-15)22-2-1-11-29-22/h1-13H,14H2,(H,27,28). The van der Waals surface area contributed by atoms with Crippen molar-refractivity contribution in [2.45, 2.75) is 6.54 Å². The lowest BCUT2D eigenvalue weighted by molar-refractivity contribution is 0.0951. The molecule has 0 bridgehead atoms. The molecule has 2 aromatic heterocycles. The number of amides is 1. The van der Waals surface area contributed by atoms with E-state index in [2.05, 4.69) is 10.3 Å². The Bertz CT molecular complexity index is 1120. The van der Waals surface area contributed by atoms with Crippen molar-refractivity contribution in [2.75, 3.05) is 0 Å². The number of carbonyl (C=O) groups is 1. The van der Waals surface area contributed by atoms with E-state index in [-0.39, 0.29) is 5.91 Å². The fourth-order valence-electron chi connectivity index (χ4n) is 2.87. The molecule has 4 rings (SSSR count). The molecule has 1 N–H and O–H groups in total. The van der Waals surface area contributed by atoms with E-state index in [4.69, 9.17) is 27.6 Å². The van der Waals surface area contributed by atoms with Crippen molar-refractivity contribution in [3.63, 3.8) is 0 Å². The number of hydrogen-bond acceptors (Lipinski definition) is 3. The van der Waals surface area contributed by atoms with Gasteiger partial charge in [0.1, 0.15) is 5.69 Å². The first-order valence-corrected chi connectivity index (χ1v) is 9.68. The molecule has 29 heavy (non-hydrogen) atoms. The van der Waals surface area contributed by atoms with Gasteiger partial charge in [0.2, 0.25) is 0 Å². The summed E-state index contributed by atoms with van der Waals surface area (Å²) in [5.41, 5.74) is 4.13. The predicted octanol–water partition coefficient (Wildman–Crippen LogP) is 6.25. The van der Waals surface area contributed by atoms with Gasteiger partial charge in [-0.3, -0.25) is 9.78 Å². The molecule has 0 aliphatic carbocycles. The monoisotopic (exact) mass is 422 g/mol. The van der Waals surface area contributed by atoms with Crippen molar-refractivity contribution in [1.29, 1.82) is 0 Å². The van der Waals surface area contributed by atoms with Gasteiger partial charge in [0, 0.05) is 18.3 Å². The minimum atomic E-state index is -0.152. The van der Waals surface area contributed by atoms with Crippen molar-refractivity contribution < 1.29 is 9.21 Å². The molecule has 144 valence electrons. The van der Waals surface area contributed by atoms with Gasteiger partial charge in [0.25, 0.3) is 5.91 Å². The van der Waals surface area contributed by atoms with Gasteiger partial charge in [-0.15, -0.1) is 0 Å². The van der Waals surface area contributed by atoms with Crippen LogP contribution in [0, 0.1) is 0 Å². The fourth-order valence-corrected chi connectivity index (χ4v) is 3.17. The summed E-state index contributed by atoms with van der Waals surface area (Å²) >= 11 is 12.0. The Morgan fingerprint density at radius 3 is 2.38 bits per heavy atom. The van der Waals surface area contributed by atoms with Crippen LogP contribution >= 0.6 is 23.2 Å². The van der Waals surface area contributed by atoms with Crippen LogP contribution in [0.4, 0.5) is 0 Å². The molecule has 0 aliphatic heterocycles. The first-order chi connectivity index (χ1) is 14.1. The van der Waals surface area contributed by atoms with Gasteiger partial charge in [-0.1, -0.05) is 47.5 Å². The average molecular weight is 423 g/mol. The number of rotatable bonds is 5. The van der Waals surface area contributed by atoms with Crippen LogP contribution in [0.15, 0.2) is 83.6 Å². The van der Waals surface area contributed by atoms with Crippen LogP contribution < -0.4 is 5.32 Å². The van der Waals surface area contributed by atoms with E-state index in [0.717, 1.165) is 22.4 Å². The number of benzene rings is 2. The number of nitrogens with zero attached hydrogens (tertiary/aromatic N) is 1. The average Bonchev–Trinajstić information content (AvgIpc) is 3.29. The second-order valence-electron chi connectivity index (χ2n) is 6.42. The highest BCUT2D eigenvalue weighted by Gasteiger charge is 2.08. The summed E-state index contributed by atoms with van der Waals surface area (Å²) in [6, 6.07) is 20.2. The Labute approximate surface area is 178 Å². The number of nitrogens with one attached hydrogen (secondary N) is 1. The Morgan fingerprint density at radius 1 is 0.931 bits per heavy atom. The Balaban J connectivity index is 1.39. The molecule has 0 atom stereocenters. The smallest absolute Gasteiger partial charge is 0.251 e. The normalized spacial score (nSPS) is 10.7. The van der Waals surface area contributed by atoms with Crippen LogP contribution in [-0.2, 0) is 6.54 Å². The minimum absolute atomic E-state index is 0.152. The molecule has 0 aliphatic rings. The van der Waals surface area contributed by atoms with E-state index in [9.17, 15) is 4.79 Å². The molecule has 4 nitrogen and oxygen atoms in total. The summed E-state index contributed by atoms with van der Waals surface area (Å²) in [5, 5.41) is 3.91. The van der Waals surface area contributed by atoms with Gasteiger partial charge in [-0.2, -0.15) is 0 Å². The molecule has 0 radical (unpaired) electrons. The lowest BCUT2D eigenvalue weighted by atomic mass is 10.0. The van der Waals surface area contributed by atoms with Gasteiger partial charge >= 0.3 is 0 Å². The molecule has 6 heteroatoms. The number of halogens is 2. The van der Waals surface area contributed by atoms with E-state index in [1.807, 2.05) is 42.5 Å². The van der Waals surface area contributed by atoms with E-state index >= 15 is 0 Å². The minimum Gasteiger partial charge on any atom is -0.463 e. The SMILES string of the molecule is O=C(NCc1ccc(-c2ccco2)nc1)c1ccc(-c2ccc(Cl)c(Cl)c2)cc1. The molecule has 2 heterocycles. The molecular formula is C23H16Cl2N2O2. The molecule has 0 unspecified atom stereocenters. The van der Waals surface area contributed by atoms with Gasteiger partial charge in [-0.05, 0) is 59.2 Å². The zero-order valence-corrected chi connectivity index (χ0v) is 16.7. The second kappa shape index (κ2) is 8.52. The fraction of sp³-hybridized carbons (Fsp3) is 0.0435. The van der Waals surface area contributed by atoms with Crippen LogP contribution in [0.5, 0.6) is 0 Å². The van der Waals surface area contributed by atoms with Crippen molar-refractivity contribution in [3.8, 4) is 22.6 Å². The Hall–Kier alpha value is -3.08. The number of hydrogen-bond donors (Lipinski definition) is 1. The number of carbonyl (C=O) groups excluding carboxylic acids is 1. The summed E-state index contributed by atoms with van der Waals surface area (Å²) < 4.78 is 5.32. The van der Waals surface area contributed by atoms with Crippen molar-refractivity contribution in [2.24, 2.45) is 0 Å². The van der Waals surface area contributed by atoms with Crippen molar-refractivity contribution >= 4 is 29.1 Å². The van der Waals surface area contributed by atoms with Gasteiger partial charge < -0.3 is 9.73 Å². The molecule has 1 amide bonds. The zero-order valence-electron chi connectivity index (χ0n) is 15.2. The van der Waals surface area contributed by atoms with Gasteiger partial charge in [0.05, 0.1) is 16.3 Å². The van der Waals surface area contributed by atoms with Crippen LogP contribution in [0.3, 0.4) is 0 Å². The number of aromatic nitrogens is 1. The Kier molecular flexibility index (Phi) is 5.65.